The molecule has 2 N–H and O–H groups in total. The van der Waals surface area contributed by atoms with Gasteiger partial charge in [-0.3, -0.25) is 9.59 Å². The van der Waals surface area contributed by atoms with Gasteiger partial charge in [-0.05, 0) is 47.5 Å². The lowest BCUT2D eigenvalue weighted by Gasteiger charge is -2.06. The van der Waals surface area contributed by atoms with Crippen molar-refractivity contribution in [1.82, 2.24) is 10.3 Å². The minimum Gasteiger partial charge on any atom is -0.347 e. The first-order valence-electron chi connectivity index (χ1n) is 6.58. The van der Waals surface area contributed by atoms with Crippen molar-refractivity contribution in [3.05, 3.63) is 68.1 Å². The van der Waals surface area contributed by atoms with Crippen LogP contribution in [0.1, 0.15) is 20.8 Å². The zero-order chi connectivity index (χ0) is 14.8. The van der Waals surface area contributed by atoms with Crippen LogP contribution in [0, 0.1) is 6.92 Å². The van der Waals surface area contributed by atoms with Gasteiger partial charge in [-0.25, -0.2) is 0 Å². The third kappa shape index (κ3) is 2.87. The summed E-state index contributed by atoms with van der Waals surface area (Å²) in [5.41, 5.74) is 2.42. The lowest BCUT2D eigenvalue weighted by atomic mass is 10.1. The van der Waals surface area contributed by atoms with E-state index in [1.54, 1.807) is 13.0 Å². The highest BCUT2D eigenvalue weighted by atomic mass is 32.1. The molecule has 0 unspecified atom stereocenters. The van der Waals surface area contributed by atoms with E-state index in [9.17, 15) is 9.59 Å². The summed E-state index contributed by atoms with van der Waals surface area (Å²) >= 11 is 1.42. The van der Waals surface area contributed by atoms with E-state index < -0.39 is 0 Å². The summed E-state index contributed by atoms with van der Waals surface area (Å²) in [7, 11) is 0. The van der Waals surface area contributed by atoms with Crippen molar-refractivity contribution in [2.24, 2.45) is 0 Å². The first-order chi connectivity index (χ1) is 10.1. The molecule has 0 bridgehead atoms. The highest BCUT2D eigenvalue weighted by Crippen LogP contribution is 2.14. The Balaban J connectivity index is 1.80. The molecule has 21 heavy (non-hydrogen) atoms. The zero-order valence-electron chi connectivity index (χ0n) is 11.5. The van der Waals surface area contributed by atoms with Gasteiger partial charge in [-0.2, -0.15) is 0 Å². The predicted octanol–water partition coefficient (Wildman–Crippen LogP) is 2.83. The van der Waals surface area contributed by atoms with Crippen LogP contribution in [-0.4, -0.2) is 10.9 Å². The van der Waals surface area contributed by atoms with Crippen LogP contribution in [0.4, 0.5) is 0 Å². The number of nitrogens with one attached hydrogen (secondary N) is 2. The van der Waals surface area contributed by atoms with E-state index in [1.807, 2.05) is 35.7 Å². The van der Waals surface area contributed by atoms with Crippen LogP contribution >= 0.6 is 11.3 Å². The molecule has 0 fully saturated rings. The fourth-order valence-corrected chi connectivity index (χ4v) is 2.79. The van der Waals surface area contributed by atoms with Gasteiger partial charge in [-0.15, -0.1) is 11.3 Å². The maximum atomic E-state index is 11.9. The minimum atomic E-state index is -0.0683. The van der Waals surface area contributed by atoms with Gasteiger partial charge in [-0.1, -0.05) is 12.1 Å². The molecule has 1 aromatic carbocycles. The molecule has 0 atom stereocenters. The minimum absolute atomic E-state index is 0.0669. The largest absolute Gasteiger partial charge is 0.347 e. The number of rotatable bonds is 3. The van der Waals surface area contributed by atoms with Crippen molar-refractivity contribution in [2.45, 2.75) is 13.5 Å². The SMILES string of the molecule is Cc1cc2cc(CNC(=O)c3cccs3)ccc2[nH]c1=O. The molecule has 0 spiro atoms. The van der Waals surface area contributed by atoms with Crippen molar-refractivity contribution < 1.29 is 4.79 Å². The number of thiophene rings is 1. The zero-order valence-corrected chi connectivity index (χ0v) is 12.3. The van der Waals surface area contributed by atoms with E-state index in [-0.39, 0.29) is 11.5 Å². The Bertz CT molecular complexity index is 850. The Labute approximate surface area is 125 Å². The maximum Gasteiger partial charge on any atom is 0.261 e. The number of hydrogen-bond donors (Lipinski definition) is 2. The first kappa shape index (κ1) is 13.6. The van der Waals surface area contributed by atoms with Gasteiger partial charge in [0.25, 0.3) is 11.5 Å². The number of aromatic nitrogens is 1. The molecule has 3 rings (SSSR count). The Hall–Kier alpha value is -2.40. The number of aryl methyl sites for hydroxylation is 1. The number of carbonyl (C=O) groups is 1. The van der Waals surface area contributed by atoms with Crippen molar-refractivity contribution in [1.29, 1.82) is 0 Å². The van der Waals surface area contributed by atoms with Crippen LogP contribution in [0.15, 0.2) is 46.6 Å². The predicted molar refractivity (Wildman–Crippen MR) is 84.8 cm³/mol. The van der Waals surface area contributed by atoms with E-state index in [0.717, 1.165) is 16.5 Å². The maximum absolute atomic E-state index is 11.9. The molecular formula is C16H14N2O2S. The molecule has 4 nitrogen and oxygen atoms in total. The van der Waals surface area contributed by atoms with Crippen molar-refractivity contribution >= 4 is 28.1 Å². The van der Waals surface area contributed by atoms with Gasteiger partial charge in [0.1, 0.15) is 0 Å². The fraction of sp³-hybridized carbons (Fsp3) is 0.125. The molecule has 0 aliphatic heterocycles. The summed E-state index contributed by atoms with van der Waals surface area (Å²) in [4.78, 5) is 27.0. The van der Waals surface area contributed by atoms with Crippen molar-refractivity contribution in [2.75, 3.05) is 0 Å². The lowest BCUT2D eigenvalue weighted by molar-refractivity contribution is 0.0955. The summed E-state index contributed by atoms with van der Waals surface area (Å²) in [5.74, 6) is -0.0669. The summed E-state index contributed by atoms with van der Waals surface area (Å²) in [6.07, 6.45) is 0. The van der Waals surface area contributed by atoms with E-state index in [0.29, 0.717) is 17.0 Å². The lowest BCUT2D eigenvalue weighted by Crippen LogP contribution is -2.21. The highest BCUT2D eigenvalue weighted by Gasteiger charge is 2.06. The van der Waals surface area contributed by atoms with Crippen LogP contribution in [0.2, 0.25) is 0 Å². The molecule has 3 aromatic rings. The molecule has 0 radical (unpaired) electrons. The van der Waals surface area contributed by atoms with Crippen molar-refractivity contribution in [3.63, 3.8) is 0 Å². The second-order valence-corrected chi connectivity index (χ2v) is 5.81. The molecule has 2 aromatic heterocycles. The smallest absolute Gasteiger partial charge is 0.261 e. The number of pyridine rings is 1. The second kappa shape index (κ2) is 5.54. The number of H-pyrrole nitrogens is 1. The van der Waals surface area contributed by atoms with Gasteiger partial charge in [0, 0.05) is 17.6 Å². The Morgan fingerprint density at radius 3 is 2.90 bits per heavy atom. The highest BCUT2D eigenvalue weighted by molar-refractivity contribution is 7.12. The number of hydrogen-bond acceptors (Lipinski definition) is 3. The Kier molecular flexibility index (Phi) is 3.58. The number of carbonyl (C=O) groups excluding carboxylic acids is 1. The molecule has 106 valence electrons. The molecule has 0 saturated heterocycles. The molecule has 0 aliphatic carbocycles. The van der Waals surface area contributed by atoms with E-state index in [2.05, 4.69) is 10.3 Å². The van der Waals surface area contributed by atoms with Crippen LogP contribution in [0.5, 0.6) is 0 Å². The second-order valence-electron chi connectivity index (χ2n) is 4.86. The first-order valence-corrected chi connectivity index (χ1v) is 7.46. The van der Waals surface area contributed by atoms with Gasteiger partial charge in [0.15, 0.2) is 0 Å². The fourth-order valence-electron chi connectivity index (χ4n) is 2.15. The summed E-state index contributed by atoms with van der Waals surface area (Å²) in [6.45, 7) is 2.24. The standard InChI is InChI=1S/C16H14N2O2S/c1-10-7-12-8-11(4-5-13(12)18-15(10)19)9-17-16(20)14-3-2-6-21-14/h2-8H,9H2,1H3,(H,17,20)(H,18,19). The van der Waals surface area contributed by atoms with E-state index in [1.165, 1.54) is 11.3 Å². The molecule has 1 amide bonds. The van der Waals surface area contributed by atoms with Crippen LogP contribution in [0.25, 0.3) is 10.9 Å². The number of benzene rings is 1. The van der Waals surface area contributed by atoms with E-state index in [4.69, 9.17) is 0 Å². The molecule has 5 heteroatoms. The van der Waals surface area contributed by atoms with Crippen LogP contribution in [-0.2, 0) is 6.54 Å². The molecular weight excluding hydrogens is 284 g/mol. The number of amides is 1. The molecule has 2 heterocycles. The average Bonchev–Trinajstić information content (AvgIpc) is 3.00. The van der Waals surface area contributed by atoms with Gasteiger partial charge in [0.2, 0.25) is 0 Å². The summed E-state index contributed by atoms with van der Waals surface area (Å²) in [6, 6.07) is 11.3. The average molecular weight is 298 g/mol. The third-order valence-electron chi connectivity index (χ3n) is 3.29. The van der Waals surface area contributed by atoms with Crippen molar-refractivity contribution in [3.8, 4) is 0 Å². The Morgan fingerprint density at radius 1 is 1.29 bits per heavy atom. The van der Waals surface area contributed by atoms with Crippen LogP contribution < -0.4 is 10.9 Å². The monoisotopic (exact) mass is 298 g/mol. The normalized spacial score (nSPS) is 10.7. The van der Waals surface area contributed by atoms with Gasteiger partial charge >= 0.3 is 0 Å². The Morgan fingerprint density at radius 2 is 2.14 bits per heavy atom. The van der Waals surface area contributed by atoms with E-state index >= 15 is 0 Å². The summed E-state index contributed by atoms with van der Waals surface area (Å²) < 4.78 is 0. The van der Waals surface area contributed by atoms with Gasteiger partial charge in [0.05, 0.1) is 4.88 Å². The van der Waals surface area contributed by atoms with Crippen LogP contribution in [0.3, 0.4) is 0 Å². The number of fused-ring (bicyclic) bond motifs is 1. The number of aromatic amines is 1. The quantitative estimate of drug-likeness (QED) is 0.781. The van der Waals surface area contributed by atoms with Gasteiger partial charge < -0.3 is 10.3 Å². The third-order valence-corrected chi connectivity index (χ3v) is 4.16. The topological polar surface area (TPSA) is 62.0 Å². The molecule has 0 aliphatic rings. The summed E-state index contributed by atoms with van der Waals surface area (Å²) in [5, 5.41) is 5.74. The molecule has 0 saturated carbocycles.